The molecule has 1 aliphatic heterocycles. The number of hydrogen-bond donors (Lipinski definition) is 2. The van der Waals surface area contributed by atoms with Crippen molar-refractivity contribution < 1.29 is 22.4 Å². The first-order valence-electron chi connectivity index (χ1n) is 9.19. The van der Waals surface area contributed by atoms with Crippen molar-refractivity contribution in [2.75, 3.05) is 19.6 Å². The van der Waals surface area contributed by atoms with Crippen molar-refractivity contribution in [2.24, 2.45) is 0 Å². The van der Waals surface area contributed by atoms with Crippen LogP contribution in [-0.2, 0) is 21.2 Å². The summed E-state index contributed by atoms with van der Waals surface area (Å²) in [5.41, 5.74) is 1.24. The first kappa shape index (κ1) is 18.7. The van der Waals surface area contributed by atoms with Gasteiger partial charge in [-0.2, -0.15) is 4.31 Å². The Bertz CT molecular complexity index is 1010. The Balaban J connectivity index is 1.54. The zero-order valence-corrected chi connectivity index (χ0v) is 16.0. The molecule has 0 saturated carbocycles. The van der Waals surface area contributed by atoms with Gasteiger partial charge in [-0.25, -0.2) is 8.42 Å². The molecular weight excluding hydrogens is 382 g/mol. The number of nitrogens with zero attached hydrogens (tertiary/aromatic N) is 1. The van der Waals surface area contributed by atoms with Crippen molar-refractivity contribution >= 4 is 21.8 Å². The third-order valence-corrected chi connectivity index (χ3v) is 6.94. The van der Waals surface area contributed by atoms with E-state index in [-0.39, 0.29) is 47.9 Å². The molecule has 1 fully saturated rings. The van der Waals surface area contributed by atoms with Gasteiger partial charge in [-0.3, -0.25) is 9.59 Å². The zero-order valence-electron chi connectivity index (χ0n) is 15.2. The van der Waals surface area contributed by atoms with Gasteiger partial charge in [-0.1, -0.05) is 6.07 Å². The van der Waals surface area contributed by atoms with Crippen LogP contribution in [0.1, 0.15) is 40.6 Å². The Morgan fingerprint density at radius 1 is 1.29 bits per heavy atom. The van der Waals surface area contributed by atoms with Crippen molar-refractivity contribution in [3.8, 4) is 0 Å². The van der Waals surface area contributed by atoms with Crippen LogP contribution < -0.4 is 10.6 Å². The minimum Gasteiger partial charge on any atom is -0.469 e. The minimum absolute atomic E-state index is 0.00231. The summed E-state index contributed by atoms with van der Waals surface area (Å²) >= 11 is 0. The van der Waals surface area contributed by atoms with Gasteiger partial charge in [0.2, 0.25) is 15.9 Å². The Morgan fingerprint density at radius 2 is 2.14 bits per heavy atom. The van der Waals surface area contributed by atoms with Gasteiger partial charge in [-0.05, 0) is 37.1 Å². The number of furan rings is 1. The van der Waals surface area contributed by atoms with E-state index in [1.54, 1.807) is 12.3 Å². The number of fused-ring (bicyclic) bond motifs is 1. The molecule has 0 bridgehead atoms. The van der Waals surface area contributed by atoms with Crippen LogP contribution in [0.2, 0.25) is 0 Å². The standard InChI is InChI=1S/C19H21N3O5S/c23-18-12-22(9-8-20-18)28(25,26)14-4-1-3-13(11-14)19(24)21-16-5-2-6-17-15(16)7-10-27-17/h1,3-4,7,10-11,16H,2,5-6,8-9,12H2,(H,20,23)(H,21,24)/t16-/m1/s1. The molecule has 9 heteroatoms. The minimum atomic E-state index is -3.85. The number of piperazine rings is 1. The van der Waals surface area contributed by atoms with E-state index in [4.69, 9.17) is 4.42 Å². The van der Waals surface area contributed by atoms with E-state index in [2.05, 4.69) is 10.6 Å². The van der Waals surface area contributed by atoms with Crippen LogP contribution in [0.3, 0.4) is 0 Å². The van der Waals surface area contributed by atoms with Gasteiger partial charge in [0.1, 0.15) is 5.76 Å². The fourth-order valence-corrected chi connectivity index (χ4v) is 5.09. The molecule has 2 amide bonds. The lowest BCUT2D eigenvalue weighted by Gasteiger charge is -2.26. The molecule has 2 aliphatic rings. The third kappa shape index (κ3) is 3.55. The molecule has 1 saturated heterocycles. The maximum absolute atomic E-state index is 12.8. The van der Waals surface area contributed by atoms with Gasteiger partial charge >= 0.3 is 0 Å². The molecule has 28 heavy (non-hydrogen) atoms. The van der Waals surface area contributed by atoms with Crippen LogP contribution in [0.5, 0.6) is 0 Å². The zero-order chi connectivity index (χ0) is 19.7. The second-order valence-corrected chi connectivity index (χ2v) is 8.87. The fourth-order valence-electron chi connectivity index (χ4n) is 3.65. The highest BCUT2D eigenvalue weighted by molar-refractivity contribution is 7.89. The van der Waals surface area contributed by atoms with Crippen molar-refractivity contribution in [1.82, 2.24) is 14.9 Å². The van der Waals surface area contributed by atoms with Crippen molar-refractivity contribution in [2.45, 2.75) is 30.2 Å². The molecule has 0 unspecified atom stereocenters. The summed E-state index contributed by atoms with van der Waals surface area (Å²) in [5, 5.41) is 5.57. The van der Waals surface area contributed by atoms with Gasteiger partial charge < -0.3 is 15.1 Å². The lowest BCUT2D eigenvalue weighted by molar-refractivity contribution is -0.122. The largest absolute Gasteiger partial charge is 0.469 e. The highest BCUT2D eigenvalue weighted by Crippen LogP contribution is 2.30. The molecule has 1 aromatic heterocycles. The molecular formula is C19H21N3O5S. The number of amides is 2. The van der Waals surface area contributed by atoms with Crippen molar-refractivity contribution in [1.29, 1.82) is 0 Å². The molecule has 0 radical (unpaired) electrons. The number of benzene rings is 1. The number of sulfonamides is 1. The third-order valence-electron chi connectivity index (χ3n) is 5.09. The Labute approximate surface area is 162 Å². The SMILES string of the molecule is O=C1CN(S(=O)(=O)c2cccc(C(=O)N[C@@H]3CCCc4occc43)c2)CCN1. The Hall–Kier alpha value is -2.65. The number of hydrogen-bond acceptors (Lipinski definition) is 5. The second-order valence-electron chi connectivity index (χ2n) is 6.93. The average molecular weight is 403 g/mol. The normalized spacial score (nSPS) is 20.3. The average Bonchev–Trinajstić information content (AvgIpc) is 3.18. The highest BCUT2D eigenvalue weighted by atomic mass is 32.2. The first-order valence-corrected chi connectivity index (χ1v) is 10.6. The summed E-state index contributed by atoms with van der Waals surface area (Å²) in [7, 11) is -3.85. The molecule has 1 atom stereocenters. The Morgan fingerprint density at radius 3 is 2.96 bits per heavy atom. The monoisotopic (exact) mass is 403 g/mol. The van der Waals surface area contributed by atoms with E-state index in [1.165, 1.54) is 18.2 Å². The van der Waals surface area contributed by atoms with Gasteiger partial charge in [0.15, 0.2) is 0 Å². The number of rotatable bonds is 4. The lowest BCUT2D eigenvalue weighted by Crippen LogP contribution is -2.49. The lowest BCUT2D eigenvalue weighted by atomic mass is 9.93. The summed E-state index contributed by atoms with van der Waals surface area (Å²) in [6.07, 6.45) is 4.19. The van der Waals surface area contributed by atoms with E-state index in [9.17, 15) is 18.0 Å². The number of nitrogens with one attached hydrogen (secondary N) is 2. The summed E-state index contributed by atoms with van der Waals surface area (Å²) in [5.74, 6) is 0.209. The van der Waals surface area contributed by atoms with Crippen LogP contribution in [-0.4, -0.2) is 44.2 Å². The van der Waals surface area contributed by atoms with E-state index >= 15 is 0 Å². The van der Waals surface area contributed by atoms with E-state index < -0.39 is 10.0 Å². The van der Waals surface area contributed by atoms with Crippen LogP contribution in [0.4, 0.5) is 0 Å². The van der Waals surface area contributed by atoms with Gasteiger partial charge in [0.05, 0.1) is 23.7 Å². The number of aryl methyl sites for hydroxylation is 1. The predicted molar refractivity (Wildman–Crippen MR) is 100 cm³/mol. The van der Waals surface area contributed by atoms with Crippen LogP contribution in [0.15, 0.2) is 45.9 Å². The van der Waals surface area contributed by atoms with Crippen molar-refractivity contribution in [3.63, 3.8) is 0 Å². The van der Waals surface area contributed by atoms with E-state index in [0.29, 0.717) is 0 Å². The maximum Gasteiger partial charge on any atom is 0.251 e. The maximum atomic E-state index is 12.8. The van der Waals surface area contributed by atoms with Gasteiger partial charge in [-0.15, -0.1) is 0 Å². The van der Waals surface area contributed by atoms with E-state index in [0.717, 1.165) is 34.9 Å². The number of carbonyl (C=O) groups is 2. The Kier molecular flexibility index (Phi) is 4.94. The molecule has 2 aromatic rings. The quantitative estimate of drug-likeness (QED) is 0.798. The molecule has 148 valence electrons. The van der Waals surface area contributed by atoms with Crippen LogP contribution in [0.25, 0.3) is 0 Å². The summed E-state index contributed by atoms with van der Waals surface area (Å²) in [6, 6.07) is 7.62. The summed E-state index contributed by atoms with van der Waals surface area (Å²) in [4.78, 5) is 24.3. The van der Waals surface area contributed by atoms with E-state index in [1.807, 2.05) is 6.07 Å². The molecule has 4 rings (SSSR count). The number of carbonyl (C=O) groups excluding carboxylic acids is 2. The summed E-state index contributed by atoms with van der Waals surface area (Å²) < 4.78 is 32.2. The molecule has 1 aromatic carbocycles. The molecule has 2 heterocycles. The highest BCUT2D eigenvalue weighted by Gasteiger charge is 2.30. The van der Waals surface area contributed by atoms with Gasteiger partial charge in [0, 0.05) is 30.6 Å². The van der Waals surface area contributed by atoms with Crippen LogP contribution >= 0.6 is 0 Å². The second kappa shape index (κ2) is 7.40. The summed E-state index contributed by atoms with van der Waals surface area (Å²) in [6.45, 7) is 0.257. The van der Waals surface area contributed by atoms with Crippen molar-refractivity contribution in [3.05, 3.63) is 53.5 Å². The molecule has 8 nitrogen and oxygen atoms in total. The molecule has 2 N–H and O–H groups in total. The van der Waals surface area contributed by atoms with Crippen LogP contribution in [0, 0.1) is 0 Å². The molecule has 0 spiro atoms. The topological polar surface area (TPSA) is 109 Å². The smallest absolute Gasteiger partial charge is 0.251 e. The first-order chi connectivity index (χ1) is 13.4. The fraction of sp³-hybridized carbons (Fsp3) is 0.368. The molecule has 1 aliphatic carbocycles. The van der Waals surface area contributed by atoms with Gasteiger partial charge in [0.25, 0.3) is 5.91 Å². The predicted octanol–water partition coefficient (Wildman–Crippen LogP) is 1.21.